The van der Waals surface area contributed by atoms with E-state index in [1.807, 2.05) is 64.4 Å². The molecule has 4 rings (SSSR count). The number of piperazine rings is 1. The van der Waals surface area contributed by atoms with Gasteiger partial charge in [0.05, 0.1) is 7.11 Å². The summed E-state index contributed by atoms with van der Waals surface area (Å²) < 4.78 is 10.5. The van der Waals surface area contributed by atoms with Crippen molar-refractivity contribution in [1.82, 2.24) is 15.0 Å². The van der Waals surface area contributed by atoms with Gasteiger partial charge in [0, 0.05) is 25.2 Å². The van der Waals surface area contributed by atoms with Crippen molar-refractivity contribution in [3.8, 4) is 17.1 Å². The Kier molecular flexibility index (Phi) is 4.74. The van der Waals surface area contributed by atoms with E-state index in [-0.39, 0.29) is 12.5 Å². The average molecular weight is 364 g/mol. The van der Waals surface area contributed by atoms with Crippen molar-refractivity contribution in [2.75, 3.05) is 31.6 Å². The van der Waals surface area contributed by atoms with Crippen molar-refractivity contribution >= 4 is 11.9 Å². The minimum Gasteiger partial charge on any atom is -0.497 e. The number of hydrogen-bond acceptors (Lipinski definition) is 6. The lowest BCUT2D eigenvalue weighted by Crippen LogP contribution is -2.50. The molecule has 0 N–H and O–H groups in total. The summed E-state index contributed by atoms with van der Waals surface area (Å²) in [5, 5.41) is 4.03. The third-order valence-electron chi connectivity index (χ3n) is 4.57. The van der Waals surface area contributed by atoms with Gasteiger partial charge in [-0.3, -0.25) is 4.79 Å². The lowest BCUT2D eigenvalue weighted by atomic mass is 10.2. The van der Waals surface area contributed by atoms with Crippen molar-refractivity contribution < 1.29 is 14.1 Å². The van der Waals surface area contributed by atoms with E-state index < -0.39 is 0 Å². The number of ether oxygens (including phenoxy) is 1. The zero-order chi connectivity index (χ0) is 18.6. The van der Waals surface area contributed by atoms with Crippen LogP contribution in [0.25, 0.3) is 11.4 Å². The molecule has 138 valence electrons. The van der Waals surface area contributed by atoms with Crippen molar-refractivity contribution in [1.29, 1.82) is 0 Å². The Morgan fingerprint density at radius 3 is 2.56 bits per heavy atom. The molecule has 0 unspecified atom stereocenters. The molecule has 1 aromatic heterocycles. The predicted molar refractivity (Wildman–Crippen MR) is 100 cm³/mol. The Balaban J connectivity index is 1.40. The van der Waals surface area contributed by atoms with E-state index in [0.29, 0.717) is 31.5 Å². The van der Waals surface area contributed by atoms with Gasteiger partial charge in [0.2, 0.25) is 11.7 Å². The molecular weight excluding hydrogens is 344 g/mol. The first kappa shape index (κ1) is 17.1. The second-order valence-electron chi connectivity index (χ2n) is 6.35. The topological polar surface area (TPSA) is 71.7 Å². The number of carbonyl (C=O) groups excluding carboxylic acids is 1. The number of rotatable bonds is 5. The molecule has 0 bridgehead atoms. The van der Waals surface area contributed by atoms with Crippen LogP contribution < -0.4 is 9.64 Å². The maximum Gasteiger partial charge on any atom is 0.324 e. The average Bonchev–Trinajstić information content (AvgIpc) is 3.21. The molecule has 2 aromatic carbocycles. The van der Waals surface area contributed by atoms with Crippen LogP contribution in [-0.4, -0.2) is 47.7 Å². The number of benzene rings is 2. The first-order valence-electron chi connectivity index (χ1n) is 8.78. The fourth-order valence-electron chi connectivity index (χ4n) is 3.04. The van der Waals surface area contributed by atoms with Crippen LogP contribution in [0.4, 0.5) is 6.01 Å². The van der Waals surface area contributed by atoms with Gasteiger partial charge >= 0.3 is 6.01 Å². The number of nitrogens with zero attached hydrogens (tertiary/aromatic N) is 4. The third-order valence-corrected chi connectivity index (χ3v) is 4.57. The summed E-state index contributed by atoms with van der Waals surface area (Å²) in [6.07, 6.45) is 0. The van der Waals surface area contributed by atoms with Gasteiger partial charge in [0.15, 0.2) is 0 Å². The van der Waals surface area contributed by atoms with E-state index in [2.05, 4.69) is 10.1 Å². The minimum absolute atomic E-state index is 0.0385. The van der Waals surface area contributed by atoms with Gasteiger partial charge in [0.25, 0.3) is 0 Å². The summed E-state index contributed by atoms with van der Waals surface area (Å²) in [4.78, 5) is 20.6. The number of methoxy groups -OCH3 is 1. The number of hydrogen-bond donors (Lipinski definition) is 0. The Bertz CT molecular complexity index is 908. The lowest BCUT2D eigenvalue weighted by Gasteiger charge is -2.33. The molecule has 7 heteroatoms. The number of carbonyl (C=O) groups is 1. The number of aromatic nitrogens is 2. The molecule has 0 saturated carbocycles. The normalized spacial score (nSPS) is 14.5. The maximum atomic E-state index is 12.6. The summed E-state index contributed by atoms with van der Waals surface area (Å²) in [7, 11) is 1.64. The summed E-state index contributed by atoms with van der Waals surface area (Å²) in [5.74, 6) is 1.37. The second kappa shape index (κ2) is 7.49. The molecular formula is C20H20N4O3. The largest absolute Gasteiger partial charge is 0.497 e. The fourth-order valence-corrected chi connectivity index (χ4v) is 3.04. The highest BCUT2D eigenvalue weighted by Gasteiger charge is 2.27. The summed E-state index contributed by atoms with van der Waals surface area (Å²) in [6.45, 7) is 2.06. The number of amides is 1. The van der Waals surface area contributed by atoms with E-state index in [9.17, 15) is 4.79 Å². The monoisotopic (exact) mass is 364 g/mol. The molecule has 2 heterocycles. The van der Waals surface area contributed by atoms with E-state index in [1.54, 1.807) is 7.11 Å². The minimum atomic E-state index is 0.0385. The molecule has 0 atom stereocenters. The van der Waals surface area contributed by atoms with Crippen molar-refractivity contribution in [3.63, 3.8) is 0 Å². The molecule has 1 saturated heterocycles. The van der Waals surface area contributed by atoms with Gasteiger partial charge in [-0.2, -0.15) is 4.98 Å². The lowest BCUT2D eigenvalue weighted by molar-refractivity contribution is -0.131. The zero-order valence-electron chi connectivity index (χ0n) is 15.0. The molecule has 7 nitrogen and oxygen atoms in total. The van der Waals surface area contributed by atoms with E-state index >= 15 is 0 Å². The molecule has 1 aliphatic rings. The van der Waals surface area contributed by atoms with Crippen LogP contribution in [-0.2, 0) is 11.3 Å². The van der Waals surface area contributed by atoms with E-state index in [1.165, 1.54) is 0 Å². The summed E-state index contributed by atoms with van der Waals surface area (Å²) >= 11 is 0. The molecule has 3 aromatic rings. The Morgan fingerprint density at radius 1 is 1.07 bits per heavy atom. The van der Waals surface area contributed by atoms with Crippen LogP contribution in [0, 0.1) is 0 Å². The van der Waals surface area contributed by atoms with Crippen LogP contribution >= 0.6 is 0 Å². The second-order valence-corrected chi connectivity index (χ2v) is 6.35. The molecule has 0 radical (unpaired) electrons. The number of anilines is 1. The highest BCUT2D eigenvalue weighted by molar-refractivity contribution is 5.82. The van der Waals surface area contributed by atoms with Crippen LogP contribution in [0.3, 0.4) is 0 Å². The molecule has 0 spiro atoms. The Labute approximate surface area is 157 Å². The molecule has 1 aliphatic heterocycles. The van der Waals surface area contributed by atoms with Gasteiger partial charge in [-0.25, -0.2) is 0 Å². The Hall–Kier alpha value is -3.35. The van der Waals surface area contributed by atoms with Crippen molar-refractivity contribution in [3.05, 3.63) is 60.2 Å². The SMILES string of the molecule is COc1ccc(CN2CCN(c3nc(-c4ccccc4)no3)CC2=O)cc1. The molecule has 0 aliphatic carbocycles. The van der Waals surface area contributed by atoms with Crippen molar-refractivity contribution in [2.24, 2.45) is 0 Å². The van der Waals surface area contributed by atoms with Crippen LogP contribution in [0.5, 0.6) is 5.75 Å². The quantitative estimate of drug-likeness (QED) is 0.693. The van der Waals surface area contributed by atoms with E-state index in [4.69, 9.17) is 9.26 Å². The third kappa shape index (κ3) is 3.76. The maximum absolute atomic E-state index is 12.6. The van der Waals surface area contributed by atoms with Gasteiger partial charge in [-0.1, -0.05) is 47.6 Å². The van der Waals surface area contributed by atoms with Crippen LogP contribution in [0.2, 0.25) is 0 Å². The van der Waals surface area contributed by atoms with Crippen molar-refractivity contribution in [2.45, 2.75) is 6.54 Å². The molecule has 1 fully saturated rings. The van der Waals surface area contributed by atoms with Gasteiger partial charge in [-0.05, 0) is 17.7 Å². The highest BCUT2D eigenvalue weighted by Crippen LogP contribution is 2.21. The predicted octanol–water partition coefficient (Wildman–Crippen LogP) is 2.59. The van der Waals surface area contributed by atoms with Gasteiger partial charge in [0.1, 0.15) is 12.3 Å². The highest BCUT2D eigenvalue weighted by atomic mass is 16.5. The summed E-state index contributed by atoms with van der Waals surface area (Å²) in [6, 6.07) is 17.8. The first-order chi connectivity index (χ1) is 13.2. The fraction of sp³-hybridized carbons (Fsp3) is 0.250. The van der Waals surface area contributed by atoms with Gasteiger partial charge < -0.3 is 19.1 Å². The standard InChI is InChI=1S/C20H20N4O3/c1-26-17-9-7-15(8-10-17)13-23-11-12-24(14-18(23)25)20-21-19(22-27-20)16-5-3-2-4-6-16/h2-10H,11-14H2,1H3. The summed E-state index contributed by atoms with van der Waals surface area (Å²) in [5.41, 5.74) is 1.96. The Morgan fingerprint density at radius 2 is 1.85 bits per heavy atom. The van der Waals surface area contributed by atoms with Crippen LogP contribution in [0.1, 0.15) is 5.56 Å². The molecule has 1 amide bonds. The smallest absolute Gasteiger partial charge is 0.324 e. The molecule has 27 heavy (non-hydrogen) atoms. The van der Waals surface area contributed by atoms with Gasteiger partial charge in [-0.15, -0.1) is 0 Å². The van der Waals surface area contributed by atoms with Crippen LogP contribution in [0.15, 0.2) is 59.1 Å². The zero-order valence-corrected chi connectivity index (χ0v) is 15.0. The van der Waals surface area contributed by atoms with E-state index in [0.717, 1.165) is 16.9 Å². The first-order valence-corrected chi connectivity index (χ1v) is 8.78.